The first kappa shape index (κ1) is 7.56. The lowest BCUT2D eigenvalue weighted by Crippen LogP contribution is -2.35. The van der Waals surface area contributed by atoms with Crippen molar-refractivity contribution < 1.29 is 4.74 Å². The molecule has 1 unspecified atom stereocenters. The summed E-state index contributed by atoms with van der Waals surface area (Å²) in [6.45, 7) is 1.07. The van der Waals surface area contributed by atoms with Gasteiger partial charge in [0, 0.05) is 19.2 Å². The summed E-state index contributed by atoms with van der Waals surface area (Å²) in [7, 11) is 1.82. The molecule has 1 aliphatic heterocycles. The zero-order valence-electron chi connectivity index (χ0n) is 7.23. The van der Waals surface area contributed by atoms with Gasteiger partial charge in [0.1, 0.15) is 0 Å². The second-order valence-corrected chi connectivity index (χ2v) is 3.93. The first-order chi connectivity index (χ1) is 5.35. The Labute approximate surface area is 68.3 Å². The largest absolute Gasteiger partial charge is 0.380 e. The van der Waals surface area contributed by atoms with Crippen LogP contribution in [-0.2, 0) is 4.74 Å². The number of ether oxygens (including phenoxy) is 1. The van der Waals surface area contributed by atoms with Crippen LogP contribution in [0.15, 0.2) is 0 Å². The highest BCUT2D eigenvalue weighted by Crippen LogP contribution is 2.37. The van der Waals surface area contributed by atoms with E-state index >= 15 is 0 Å². The lowest BCUT2D eigenvalue weighted by molar-refractivity contribution is 0.112. The van der Waals surface area contributed by atoms with Gasteiger partial charge in [-0.3, -0.25) is 0 Å². The third-order valence-corrected chi connectivity index (χ3v) is 3.22. The predicted octanol–water partition coefficient (Wildman–Crippen LogP) is 1.31. The predicted molar refractivity (Wildman–Crippen MR) is 44.6 cm³/mol. The Morgan fingerprint density at radius 2 is 2.09 bits per heavy atom. The Balaban J connectivity index is 1.96. The molecule has 2 aliphatic rings. The Kier molecular flexibility index (Phi) is 1.90. The molecule has 2 fully saturated rings. The minimum Gasteiger partial charge on any atom is -0.380 e. The maximum absolute atomic E-state index is 5.34. The lowest BCUT2D eigenvalue weighted by Gasteiger charge is -2.22. The van der Waals surface area contributed by atoms with E-state index in [1.165, 1.54) is 32.1 Å². The Hall–Kier alpha value is -0.0800. The van der Waals surface area contributed by atoms with Gasteiger partial charge in [0.15, 0.2) is 0 Å². The molecule has 2 heteroatoms. The Morgan fingerprint density at radius 3 is 2.64 bits per heavy atom. The van der Waals surface area contributed by atoms with Crippen LogP contribution >= 0.6 is 0 Å². The maximum atomic E-state index is 5.34. The second-order valence-electron chi connectivity index (χ2n) is 3.93. The number of methoxy groups -OCH3 is 1. The van der Waals surface area contributed by atoms with Crippen molar-refractivity contribution in [3.05, 3.63) is 0 Å². The molecule has 0 bridgehead atoms. The quantitative estimate of drug-likeness (QED) is 0.616. The van der Waals surface area contributed by atoms with E-state index in [0.29, 0.717) is 11.6 Å². The van der Waals surface area contributed by atoms with Gasteiger partial charge < -0.3 is 10.1 Å². The van der Waals surface area contributed by atoms with Crippen LogP contribution in [0.3, 0.4) is 0 Å². The number of nitrogens with one attached hydrogen (secondary N) is 1. The normalized spacial score (nSPS) is 35.2. The average Bonchev–Trinajstić information content (AvgIpc) is 2.62. The van der Waals surface area contributed by atoms with E-state index in [1.807, 2.05) is 7.11 Å². The highest BCUT2D eigenvalue weighted by Gasteiger charge is 2.40. The van der Waals surface area contributed by atoms with E-state index in [1.54, 1.807) is 0 Å². The molecule has 2 nitrogen and oxygen atoms in total. The Bertz CT molecular complexity index is 140. The summed E-state index contributed by atoms with van der Waals surface area (Å²) in [6.07, 6.45) is 7.27. The van der Waals surface area contributed by atoms with Crippen LogP contribution in [0.5, 0.6) is 0 Å². The second kappa shape index (κ2) is 2.76. The van der Waals surface area contributed by atoms with Crippen molar-refractivity contribution in [1.82, 2.24) is 5.32 Å². The first-order valence-corrected chi connectivity index (χ1v) is 4.62. The molecular weight excluding hydrogens is 138 g/mol. The Morgan fingerprint density at radius 1 is 1.36 bits per heavy atom. The molecule has 11 heavy (non-hydrogen) atoms. The van der Waals surface area contributed by atoms with Gasteiger partial charge in [-0.1, -0.05) is 12.8 Å². The zero-order chi connectivity index (χ0) is 7.73. The van der Waals surface area contributed by atoms with E-state index < -0.39 is 0 Å². The first-order valence-electron chi connectivity index (χ1n) is 4.62. The smallest absolute Gasteiger partial charge is 0.0713 e. The highest BCUT2D eigenvalue weighted by atomic mass is 16.5. The molecule has 2 rings (SSSR count). The van der Waals surface area contributed by atoms with Gasteiger partial charge in [0.05, 0.1) is 6.10 Å². The minimum absolute atomic E-state index is 0.480. The molecule has 1 saturated heterocycles. The lowest BCUT2D eigenvalue weighted by atomic mass is 9.95. The van der Waals surface area contributed by atoms with Crippen LogP contribution < -0.4 is 5.32 Å². The summed E-state index contributed by atoms with van der Waals surface area (Å²) >= 11 is 0. The fourth-order valence-electron chi connectivity index (χ4n) is 2.51. The highest BCUT2D eigenvalue weighted by molar-refractivity contribution is 5.00. The molecule has 0 aromatic heterocycles. The van der Waals surface area contributed by atoms with Gasteiger partial charge in [-0.2, -0.15) is 0 Å². The standard InChI is InChI=1S/C9H17NO/c1-11-8-6-9(10-7-8)4-2-3-5-9/h8,10H,2-7H2,1H3. The van der Waals surface area contributed by atoms with Gasteiger partial charge in [-0.25, -0.2) is 0 Å². The molecule has 0 radical (unpaired) electrons. The van der Waals surface area contributed by atoms with Crippen molar-refractivity contribution in [2.45, 2.75) is 43.7 Å². The molecule has 1 saturated carbocycles. The van der Waals surface area contributed by atoms with Crippen LogP contribution in [0, 0.1) is 0 Å². The SMILES string of the molecule is COC1CNC2(CCCC2)C1. The molecular formula is C9H17NO. The fourth-order valence-corrected chi connectivity index (χ4v) is 2.51. The van der Waals surface area contributed by atoms with Crippen molar-refractivity contribution in [3.63, 3.8) is 0 Å². The topological polar surface area (TPSA) is 21.3 Å². The number of hydrogen-bond donors (Lipinski definition) is 1. The molecule has 1 N–H and O–H groups in total. The molecule has 1 atom stereocenters. The summed E-state index contributed by atoms with van der Waals surface area (Å²) in [5, 5.41) is 3.61. The third-order valence-electron chi connectivity index (χ3n) is 3.22. The summed E-state index contributed by atoms with van der Waals surface area (Å²) in [5.74, 6) is 0. The number of hydrogen-bond acceptors (Lipinski definition) is 2. The van der Waals surface area contributed by atoms with Crippen LogP contribution in [0.25, 0.3) is 0 Å². The van der Waals surface area contributed by atoms with Crippen LogP contribution in [0.4, 0.5) is 0 Å². The van der Waals surface area contributed by atoms with E-state index in [-0.39, 0.29) is 0 Å². The van der Waals surface area contributed by atoms with E-state index in [4.69, 9.17) is 4.74 Å². The summed E-state index contributed by atoms with van der Waals surface area (Å²) in [6, 6.07) is 0. The fraction of sp³-hybridized carbons (Fsp3) is 1.00. The van der Waals surface area contributed by atoms with Crippen LogP contribution in [0.2, 0.25) is 0 Å². The van der Waals surface area contributed by atoms with Gasteiger partial charge >= 0.3 is 0 Å². The van der Waals surface area contributed by atoms with Gasteiger partial charge in [-0.05, 0) is 19.3 Å². The van der Waals surface area contributed by atoms with Crippen molar-refractivity contribution in [3.8, 4) is 0 Å². The van der Waals surface area contributed by atoms with Gasteiger partial charge in [0.2, 0.25) is 0 Å². The van der Waals surface area contributed by atoms with Crippen molar-refractivity contribution in [2.75, 3.05) is 13.7 Å². The van der Waals surface area contributed by atoms with Gasteiger partial charge in [0.25, 0.3) is 0 Å². The van der Waals surface area contributed by atoms with Gasteiger partial charge in [-0.15, -0.1) is 0 Å². The van der Waals surface area contributed by atoms with Crippen molar-refractivity contribution in [1.29, 1.82) is 0 Å². The van der Waals surface area contributed by atoms with E-state index in [2.05, 4.69) is 5.32 Å². The summed E-state index contributed by atoms with van der Waals surface area (Å²) in [4.78, 5) is 0. The minimum atomic E-state index is 0.480. The molecule has 1 spiro atoms. The summed E-state index contributed by atoms with van der Waals surface area (Å²) in [5.41, 5.74) is 0.487. The molecule has 64 valence electrons. The monoisotopic (exact) mass is 155 g/mol. The van der Waals surface area contributed by atoms with E-state index in [9.17, 15) is 0 Å². The van der Waals surface area contributed by atoms with Crippen LogP contribution in [-0.4, -0.2) is 25.3 Å². The molecule has 1 heterocycles. The van der Waals surface area contributed by atoms with Crippen LogP contribution in [0.1, 0.15) is 32.1 Å². The average molecular weight is 155 g/mol. The molecule has 1 aliphatic carbocycles. The summed E-state index contributed by atoms with van der Waals surface area (Å²) < 4.78 is 5.34. The zero-order valence-corrected chi connectivity index (χ0v) is 7.23. The molecule has 0 aromatic rings. The maximum Gasteiger partial charge on any atom is 0.0713 e. The number of rotatable bonds is 1. The molecule has 0 amide bonds. The van der Waals surface area contributed by atoms with Crippen molar-refractivity contribution >= 4 is 0 Å². The molecule has 0 aromatic carbocycles. The van der Waals surface area contributed by atoms with E-state index in [0.717, 1.165) is 6.54 Å². The van der Waals surface area contributed by atoms with Crippen molar-refractivity contribution in [2.24, 2.45) is 0 Å². The third kappa shape index (κ3) is 1.30.